The van der Waals surface area contributed by atoms with Crippen LogP contribution in [0.15, 0.2) is 91.1 Å². The molecule has 5 rings (SSSR count). The molecule has 1 saturated carbocycles. The second-order valence-electron chi connectivity index (χ2n) is 9.55. The summed E-state index contributed by atoms with van der Waals surface area (Å²) in [5.74, 6) is 0.497. The maximum absolute atomic E-state index is 12.6. The van der Waals surface area contributed by atoms with Crippen LogP contribution in [-0.2, 0) is 16.1 Å². The van der Waals surface area contributed by atoms with Gasteiger partial charge in [0.05, 0.1) is 18.0 Å². The van der Waals surface area contributed by atoms with Crippen molar-refractivity contribution in [2.24, 2.45) is 0 Å². The Bertz CT molecular complexity index is 1260. The molecule has 1 N–H and O–H groups in total. The first-order valence-electron chi connectivity index (χ1n) is 12.9. The highest BCUT2D eigenvalue weighted by Crippen LogP contribution is 2.34. The van der Waals surface area contributed by atoms with Crippen molar-refractivity contribution in [1.82, 2.24) is 9.78 Å². The number of hydrogen-bond acceptors (Lipinski definition) is 3. The highest BCUT2D eigenvalue weighted by Gasteiger charge is 2.19. The Morgan fingerprint density at radius 3 is 2.31 bits per heavy atom. The molecule has 1 aliphatic rings. The SMILES string of the molecule is CC(OCc1cn(-c2ccccc2)nc1-c1ccc(C2CCCCC2)cc1)C(=O)Nc1ccccc1. The number of hydrogen-bond donors (Lipinski definition) is 1. The molecule has 1 aliphatic carbocycles. The van der Waals surface area contributed by atoms with Crippen molar-refractivity contribution in [2.45, 2.75) is 57.7 Å². The largest absolute Gasteiger partial charge is 0.364 e. The topological polar surface area (TPSA) is 56.2 Å². The van der Waals surface area contributed by atoms with Gasteiger partial charge in [-0.3, -0.25) is 4.79 Å². The molecule has 3 aromatic carbocycles. The number of ether oxygens (including phenoxy) is 1. The van der Waals surface area contributed by atoms with Crippen molar-refractivity contribution in [3.8, 4) is 16.9 Å². The van der Waals surface area contributed by atoms with E-state index in [2.05, 4.69) is 29.6 Å². The fourth-order valence-electron chi connectivity index (χ4n) is 4.88. The van der Waals surface area contributed by atoms with E-state index in [1.54, 1.807) is 6.92 Å². The van der Waals surface area contributed by atoms with Crippen LogP contribution in [0.3, 0.4) is 0 Å². The summed E-state index contributed by atoms with van der Waals surface area (Å²) >= 11 is 0. The Kier molecular flexibility index (Phi) is 7.58. The molecule has 1 amide bonds. The number of rotatable bonds is 8. The molecule has 1 unspecified atom stereocenters. The molecule has 5 nitrogen and oxygen atoms in total. The second-order valence-corrected chi connectivity index (χ2v) is 9.55. The highest BCUT2D eigenvalue weighted by molar-refractivity contribution is 5.93. The highest BCUT2D eigenvalue weighted by atomic mass is 16.5. The van der Waals surface area contributed by atoms with E-state index in [1.165, 1.54) is 37.7 Å². The number of anilines is 1. The first-order chi connectivity index (χ1) is 17.7. The number of nitrogens with one attached hydrogen (secondary N) is 1. The summed E-state index contributed by atoms with van der Waals surface area (Å²) in [5, 5.41) is 7.83. The van der Waals surface area contributed by atoms with E-state index < -0.39 is 6.10 Å². The molecular formula is C31H33N3O2. The standard InChI is InChI=1S/C31H33N3O2/c1-23(31(35)32-28-13-7-3-8-14-28)36-22-27-21-34(29-15-9-4-10-16-29)33-30(27)26-19-17-25(18-20-26)24-11-5-2-6-12-24/h3-4,7-10,13-21,23-24H,2,5-6,11-12,22H2,1H3,(H,32,35). The zero-order chi connectivity index (χ0) is 24.7. The third kappa shape index (κ3) is 5.74. The number of amides is 1. The van der Waals surface area contributed by atoms with Crippen LogP contribution in [0, 0.1) is 0 Å². The molecule has 1 heterocycles. The van der Waals surface area contributed by atoms with Crippen LogP contribution in [0.2, 0.25) is 0 Å². The van der Waals surface area contributed by atoms with E-state index in [0.717, 1.165) is 28.2 Å². The van der Waals surface area contributed by atoms with Crippen molar-refractivity contribution in [3.05, 3.63) is 102 Å². The van der Waals surface area contributed by atoms with E-state index in [-0.39, 0.29) is 12.5 Å². The van der Waals surface area contributed by atoms with Gasteiger partial charge in [-0.25, -0.2) is 4.68 Å². The molecule has 0 aliphatic heterocycles. The summed E-state index contributed by atoms with van der Waals surface area (Å²) in [7, 11) is 0. The summed E-state index contributed by atoms with van der Waals surface area (Å²) in [5.41, 5.74) is 6.05. The Hall–Kier alpha value is -3.70. The van der Waals surface area contributed by atoms with Gasteiger partial charge in [-0.2, -0.15) is 5.10 Å². The zero-order valence-corrected chi connectivity index (χ0v) is 20.8. The summed E-state index contributed by atoms with van der Waals surface area (Å²) in [6, 6.07) is 28.4. The van der Waals surface area contributed by atoms with E-state index in [0.29, 0.717) is 5.92 Å². The molecular weight excluding hydrogens is 446 g/mol. The lowest BCUT2D eigenvalue weighted by atomic mass is 9.84. The van der Waals surface area contributed by atoms with Crippen molar-refractivity contribution < 1.29 is 9.53 Å². The van der Waals surface area contributed by atoms with Gasteiger partial charge >= 0.3 is 0 Å². The van der Waals surface area contributed by atoms with E-state index >= 15 is 0 Å². The van der Waals surface area contributed by atoms with Gasteiger partial charge in [-0.1, -0.05) is 79.9 Å². The van der Waals surface area contributed by atoms with Gasteiger partial charge in [-0.05, 0) is 55.5 Å². The number of carbonyl (C=O) groups is 1. The number of nitrogens with zero attached hydrogens (tertiary/aromatic N) is 2. The molecule has 1 aromatic heterocycles. The minimum atomic E-state index is -0.605. The van der Waals surface area contributed by atoms with Crippen molar-refractivity contribution in [3.63, 3.8) is 0 Å². The molecule has 184 valence electrons. The molecule has 36 heavy (non-hydrogen) atoms. The third-order valence-electron chi connectivity index (χ3n) is 6.97. The fraction of sp³-hybridized carbons (Fsp3) is 0.290. The van der Waals surface area contributed by atoms with Gasteiger partial charge in [0.1, 0.15) is 6.10 Å². The molecule has 0 radical (unpaired) electrons. The summed E-state index contributed by atoms with van der Waals surface area (Å²) in [6.07, 6.45) is 7.97. The van der Waals surface area contributed by atoms with Gasteiger partial charge in [0.2, 0.25) is 0 Å². The lowest BCUT2D eigenvalue weighted by Gasteiger charge is -2.22. The molecule has 1 atom stereocenters. The molecule has 0 spiro atoms. The van der Waals surface area contributed by atoms with E-state index in [9.17, 15) is 4.79 Å². The summed E-state index contributed by atoms with van der Waals surface area (Å²) in [6.45, 7) is 2.06. The van der Waals surface area contributed by atoms with Crippen molar-refractivity contribution >= 4 is 11.6 Å². The van der Waals surface area contributed by atoms with E-state index in [1.807, 2.05) is 71.5 Å². The predicted molar refractivity (Wildman–Crippen MR) is 144 cm³/mol. The van der Waals surface area contributed by atoms with Crippen LogP contribution in [0.1, 0.15) is 56.1 Å². The molecule has 0 bridgehead atoms. The lowest BCUT2D eigenvalue weighted by molar-refractivity contribution is -0.127. The van der Waals surface area contributed by atoms with Crippen LogP contribution in [-0.4, -0.2) is 21.8 Å². The number of benzene rings is 3. The minimum absolute atomic E-state index is 0.171. The third-order valence-corrected chi connectivity index (χ3v) is 6.97. The summed E-state index contributed by atoms with van der Waals surface area (Å²) < 4.78 is 7.91. The van der Waals surface area contributed by atoms with Crippen molar-refractivity contribution in [2.75, 3.05) is 5.32 Å². The van der Waals surface area contributed by atoms with E-state index in [4.69, 9.17) is 9.84 Å². The normalized spacial score (nSPS) is 14.9. The van der Waals surface area contributed by atoms with Gasteiger partial charge in [0, 0.05) is 23.0 Å². The maximum Gasteiger partial charge on any atom is 0.253 e. The second kappa shape index (κ2) is 11.4. The number of carbonyl (C=O) groups excluding carboxylic acids is 1. The Balaban J connectivity index is 1.35. The number of para-hydroxylation sites is 2. The lowest BCUT2D eigenvalue weighted by Crippen LogP contribution is -2.27. The molecule has 5 heteroatoms. The van der Waals surface area contributed by atoms with Gasteiger partial charge in [-0.15, -0.1) is 0 Å². The zero-order valence-electron chi connectivity index (χ0n) is 20.8. The van der Waals surface area contributed by atoms with Crippen LogP contribution < -0.4 is 5.32 Å². The van der Waals surface area contributed by atoms with Crippen LogP contribution >= 0.6 is 0 Å². The average Bonchev–Trinajstić information content (AvgIpc) is 3.37. The quantitative estimate of drug-likeness (QED) is 0.292. The Morgan fingerprint density at radius 2 is 1.61 bits per heavy atom. The molecule has 1 fully saturated rings. The first kappa shape index (κ1) is 24.0. The average molecular weight is 480 g/mol. The Morgan fingerprint density at radius 1 is 0.944 bits per heavy atom. The van der Waals surface area contributed by atoms with Crippen LogP contribution in [0.5, 0.6) is 0 Å². The smallest absolute Gasteiger partial charge is 0.253 e. The van der Waals surface area contributed by atoms with Gasteiger partial charge in [0.25, 0.3) is 5.91 Å². The maximum atomic E-state index is 12.6. The molecule has 4 aromatic rings. The fourth-order valence-corrected chi connectivity index (χ4v) is 4.88. The van der Waals surface area contributed by atoms with Crippen LogP contribution in [0.25, 0.3) is 16.9 Å². The summed E-state index contributed by atoms with van der Waals surface area (Å²) in [4.78, 5) is 12.6. The van der Waals surface area contributed by atoms with Crippen LogP contribution in [0.4, 0.5) is 5.69 Å². The first-order valence-corrected chi connectivity index (χ1v) is 12.9. The van der Waals surface area contributed by atoms with Gasteiger partial charge < -0.3 is 10.1 Å². The van der Waals surface area contributed by atoms with Crippen molar-refractivity contribution in [1.29, 1.82) is 0 Å². The van der Waals surface area contributed by atoms with Gasteiger partial charge in [0.15, 0.2) is 0 Å². The molecule has 0 saturated heterocycles. The predicted octanol–water partition coefficient (Wildman–Crippen LogP) is 7.13. The Labute approximate surface area is 213 Å². The minimum Gasteiger partial charge on any atom is -0.364 e. The monoisotopic (exact) mass is 479 g/mol. The number of aromatic nitrogens is 2.